The van der Waals surface area contributed by atoms with E-state index in [-0.39, 0.29) is 17.4 Å². The third-order valence-corrected chi connectivity index (χ3v) is 3.27. The Kier molecular flexibility index (Phi) is 3.80. The van der Waals surface area contributed by atoms with E-state index in [1.54, 1.807) is 24.3 Å². The molecule has 0 aliphatic heterocycles. The number of rotatable bonds is 2. The van der Waals surface area contributed by atoms with Gasteiger partial charge in [-0.15, -0.1) is 0 Å². The third-order valence-electron chi connectivity index (χ3n) is 2.42. The Morgan fingerprint density at radius 3 is 2.89 bits per heavy atom. The van der Waals surface area contributed by atoms with Crippen LogP contribution in [0.2, 0.25) is 5.28 Å². The van der Waals surface area contributed by atoms with Crippen LogP contribution in [0.1, 0.15) is 11.1 Å². The van der Waals surface area contributed by atoms with E-state index in [0.717, 1.165) is 5.56 Å². The lowest BCUT2D eigenvalue weighted by Crippen LogP contribution is -2.23. The minimum absolute atomic E-state index is 0.0935. The third kappa shape index (κ3) is 2.45. The normalized spacial score (nSPS) is 10.1. The fourth-order valence-corrected chi connectivity index (χ4v) is 2.02. The van der Waals surface area contributed by atoms with E-state index in [1.165, 1.54) is 10.8 Å². The smallest absolute Gasteiger partial charge is 0.269 e. The van der Waals surface area contributed by atoms with Crippen LogP contribution >= 0.6 is 27.5 Å². The molecule has 0 aliphatic carbocycles. The van der Waals surface area contributed by atoms with Gasteiger partial charge in [0.1, 0.15) is 4.47 Å². The fourth-order valence-electron chi connectivity index (χ4n) is 1.52. The highest BCUT2D eigenvalue weighted by Crippen LogP contribution is 2.12. The number of hydrogen-bond donors (Lipinski definition) is 0. The Hall–Kier alpha value is -1.64. The van der Waals surface area contributed by atoms with E-state index in [4.69, 9.17) is 16.9 Å². The number of benzene rings is 1. The van der Waals surface area contributed by atoms with Gasteiger partial charge in [-0.3, -0.25) is 9.36 Å². The van der Waals surface area contributed by atoms with Crippen LogP contribution in [0.25, 0.3) is 0 Å². The second-order valence-electron chi connectivity index (χ2n) is 3.54. The lowest BCUT2D eigenvalue weighted by Gasteiger charge is -2.09. The maximum Gasteiger partial charge on any atom is 0.269 e. The molecule has 0 saturated heterocycles. The lowest BCUT2D eigenvalue weighted by molar-refractivity contribution is 0.731. The first-order chi connectivity index (χ1) is 8.63. The molecule has 18 heavy (non-hydrogen) atoms. The minimum Gasteiger partial charge on any atom is -0.278 e. The highest BCUT2D eigenvalue weighted by molar-refractivity contribution is 9.10. The predicted molar refractivity (Wildman–Crippen MR) is 71.5 cm³/mol. The number of aromatic nitrogens is 2. The molecule has 4 nitrogen and oxygen atoms in total. The molecule has 0 unspecified atom stereocenters. The SMILES string of the molecule is N#Cc1ccccc1Cn1c(Cl)ncc(Br)c1=O. The first kappa shape index (κ1) is 12.8. The van der Waals surface area contributed by atoms with Crippen molar-refractivity contribution in [1.29, 1.82) is 5.26 Å². The maximum atomic E-state index is 11.9. The molecule has 1 aromatic heterocycles. The van der Waals surface area contributed by atoms with E-state index >= 15 is 0 Å². The minimum atomic E-state index is -0.275. The number of hydrogen-bond acceptors (Lipinski definition) is 3. The quantitative estimate of drug-likeness (QED) is 0.798. The highest BCUT2D eigenvalue weighted by atomic mass is 79.9. The summed E-state index contributed by atoms with van der Waals surface area (Å²) in [5, 5.41) is 9.09. The van der Waals surface area contributed by atoms with Gasteiger partial charge in [0.15, 0.2) is 0 Å². The summed E-state index contributed by atoms with van der Waals surface area (Å²) in [6.07, 6.45) is 1.36. The Morgan fingerprint density at radius 1 is 1.44 bits per heavy atom. The van der Waals surface area contributed by atoms with Crippen LogP contribution in [0.4, 0.5) is 0 Å². The van der Waals surface area contributed by atoms with E-state index in [1.807, 2.05) is 0 Å². The molecule has 0 aliphatic rings. The summed E-state index contributed by atoms with van der Waals surface area (Å²) in [6, 6.07) is 9.13. The van der Waals surface area contributed by atoms with E-state index in [9.17, 15) is 4.79 Å². The summed E-state index contributed by atoms with van der Waals surface area (Å²) in [5.74, 6) is 0. The summed E-state index contributed by atoms with van der Waals surface area (Å²) in [5.41, 5.74) is 0.965. The molecule has 2 aromatic rings. The molecule has 0 atom stereocenters. The van der Waals surface area contributed by atoms with Gasteiger partial charge >= 0.3 is 0 Å². The standard InChI is InChI=1S/C12H7BrClN3O/c13-10-6-16-12(14)17(11(10)18)7-9-4-2-1-3-8(9)5-15/h1-4,6H,7H2. The maximum absolute atomic E-state index is 11.9. The van der Waals surface area contributed by atoms with Crippen LogP contribution in [-0.4, -0.2) is 9.55 Å². The van der Waals surface area contributed by atoms with Crippen molar-refractivity contribution >= 4 is 27.5 Å². The molecule has 0 fully saturated rings. The van der Waals surface area contributed by atoms with Crippen molar-refractivity contribution in [3.63, 3.8) is 0 Å². The average molecular weight is 325 g/mol. The zero-order valence-electron chi connectivity index (χ0n) is 9.10. The van der Waals surface area contributed by atoms with Crippen molar-refractivity contribution in [2.45, 2.75) is 6.54 Å². The molecule has 90 valence electrons. The van der Waals surface area contributed by atoms with E-state index in [2.05, 4.69) is 27.0 Å². The van der Waals surface area contributed by atoms with Crippen LogP contribution < -0.4 is 5.56 Å². The second kappa shape index (κ2) is 5.34. The molecule has 0 spiro atoms. The van der Waals surface area contributed by atoms with Gasteiger partial charge in [0.05, 0.1) is 24.4 Å². The summed E-state index contributed by atoms with van der Waals surface area (Å²) in [6.45, 7) is 0.216. The van der Waals surface area contributed by atoms with Crippen LogP contribution in [0.5, 0.6) is 0 Å². The van der Waals surface area contributed by atoms with Crippen LogP contribution in [-0.2, 0) is 6.54 Å². The van der Waals surface area contributed by atoms with Gasteiger partial charge in [0.25, 0.3) is 5.56 Å². The van der Waals surface area contributed by atoms with Gasteiger partial charge < -0.3 is 0 Å². The Labute approximate surface area is 117 Å². The molecule has 0 saturated carbocycles. The van der Waals surface area contributed by atoms with Gasteiger partial charge in [-0.05, 0) is 39.2 Å². The first-order valence-electron chi connectivity index (χ1n) is 5.02. The van der Waals surface area contributed by atoms with Crippen molar-refractivity contribution in [2.24, 2.45) is 0 Å². The van der Waals surface area contributed by atoms with E-state index < -0.39 is 0 Å². The van der Waals surface area contributed by atoms with Crippen LogP contribution in [0.3, 0.4) is 0 Å². The van der Waals surface area contributed by atoms with E-state index in [0.29, 0.717) is 10.0 Å². The first-order valence-corrected chi connectivity index (χ1v) is 6.19. The van der Waals surface area contributed by atoms with Gasteiger partial charge in [-0.2, -0.15) is 5.26 Å². The molecule has 0 radical (unpaired) electrons. The monoisotopic (exact) mass is 323 g/mol. The zero-order valence-corrected chi connectivity index (χ0v) is 11.4. The van der Waals surface area contributed by atoms with Crippen molar-refractivity contribution in [3.05, 3.63) is 61.7 Å². The van der Waals surface area contributed by atoms with Crippen molar-refractivity contribution < 1.29 is 0 Å². The van der Waals surface area contributed by atoms with Gasteiger partial charge in [-0.25, -0.2) is 4.98 Å². The molecule has 2 rings (SSSR count). The van der Waals surface area contributed by atoms with Crippen LogP contribution in [0, 0.1) is 11.3 Å². The topological polar surface area (TPSA) is 58.7 Å². The lowest BCUT2D eigenvalue weighted by atomic mass is 10.1. The molecular weight excluding hydrogens is 318 g/mol. The van der Waals surface area contributed by atoms with Gasteiger partial charge in [0.2, 0.25) is 5.28 Å². The van der Waals surface area contributed by atoms with Crippen molar-refractivity contribution in [3.8, 4) is 6.07 Å². The Morgan fingerprint density at radius 2 is 2.17 bits per heavy atom. The Balaban J connectivity index is 2.51. The molecule has 6 heteroatoms. The number of nitriles is 1. The Bertz CT molecular complexity index is 690. The van der Waals surface area contributed by atoms with Gasteiger partial charge in [0, 0.05) is 0 Å². The largest absolute Gasteiger partial charge is 0.278 e. The number of nitrogens with zero attached hydrogens (tertiary/aromatic N) is 3. The van der Waals surface area contributed by atoms with Gasteiger partial charge in [-0.1, -0.05) is 18.2 Å². The summed E-state index contributed by atoms with van der Waals surface area (Å²) >= 11 is 9.00. The van der Waals surface area contributed by atoms with Crippen LogP contribution in [0.15, 0.2) is 39.7 Å². The summed E-state index contributed by atoms with van der Waals surface area (Å²) in [4.78, 5) is 15.8. The second-order valence-corrected chi connectivity index (χ2v) is 4.73. The highest BCUT2D eigenvalue weighted by Gasteiger charge is 2.09. The zero-order chi connectivity index (χ0) is 13.1. The number of halogens is 2. The molecular formula is C12H7BrClN3O. The average Bonchev–Trinajstić information content (AvgIpc) is 2.39. The molecule has 0 amide bonds. The summed E-state index contributed by atoms with van der Waals surface area (Å²) < 4.78 is 1.64. The fraction of sp³-hybridized carbons (Fsp3) is 0.0833. The van der Waals surface area contributed by atoms with Crippen molar-refractivity contribution in [2.75, 3.05) is 0 Å². The molecule has 0 bridgehead atoms. The van der Waals surface area contributed by atoms with Crippen molar-refractivity contribution in [1.82, 2.24) is 9.55 Å². The predicted octanol–water partition coefficient (Wildman–Crippen LogP) is 2.58. The summed E-state index contributed by atoms with van der Waals surface area (Å²) in [7, 11) is 0. The molecule has 1 heterocycles. The molecule has 1 aromatic carbocycles. The molecule has 0 N–H and O–H groups in total.